The first-order valence-electron chi connectivity index (χ1n) is 7.26. The molecule has 1 saturated carbocycles. The van der Waals surface area contributed by atoms with Gasteiger partial charge in [-0.05, 0) is 24.8 Å². The van der Waals surface area contributed by atoms with E-state index in [9.17, 15) is 13.2 Å². The number of nitrogen functional groups attached to an aromatic ring is 1. The highest BCUT2D eigenvalue weighted by Crippen LogP contribution is 2.39. The maximum atomic E-state index is 13.9. The number of nitrogens with two attached hydrogens (primary N) is 1. The third-order valence-electron chi connectivity index (χ3n) is 4.27. The van der Waals surface area contributed by atoms with Gasteiger partial charge >= 0.3 is 0 Å². The first-order valence-corrected chi connectivity index (χ1v) is 7.26. The van der Waals surface area contributed by atoms with Crippen LogP contribution in [0.4, 0.5) is 18.9 Å². The molecule has 1 aliphatic carbocycles. The molecular weight excluding hydrogens is 279 g/mol. The van der Waals surface area contributed by atoms with Gasteiger partial charge in [-0.3, -0.25) is 0 Å². The Morgan fingerprint density at radius 1 is 1.29 bits per heavy atom. The summed E-state index contributed by atoms with van der Waals surface area (Å²) in [6.45, 7) is 0.451. The predicted molar refractivity (Wildman–Crippen MR) is 76.0 cm³/mol. The van der Waals surface area contributed by atoms with Crippen molar-refractivity contribution in [3.05, 3.63) is 29.1 Å². The normalized spacial score (nSPS) is 21.5. The number of anilines is 1. The number of rotatable bonds is 2. The summed E-state index contributed by atoms with van der Waals surface area (Å²) in [4.78, 5) is 0. The molecule has 0 atom stereocenters. The van der Waals surface area contributed by atoms with Gasteiger partial charge in [0, 0.05) is 30.4 Å². The van der Waals surface area contributed by atoms with Crippen LogP contribution < -0.4 is 10.5 Å². The zero-order valence-electron chi connectivity index (χ0n) is 11.7. The Morgan fingerprint density at radius 3 is 2.71 bits per heavy atom. The lowest BCUT2D eigenvalue weighted by Gasteiger charge is -2.26. The number of alkyl halides is 2. The highest BCUT2D eigenvalue weighted by atomic mass is 19.3. The lowest BCUT2D eigenvalue weighted by molar-refractivity contribution is -0.0410. The highest BCUT2D eigenvalue weighted by molar-refractivity contribution is 5.67. The van der Waals surface area contributed by atoms with Crippen LogP contribution in [0.3, 0.4) is 0 Å². The second-order valence-corrected chi connectivity index (χ2v) is 5.83. The predicted octanol–water partition coefficient (Wildman–Crippen LogP) is 4.18. The number of halogens is 3. The highest BCUT2D eigenvalue weighted by Gasteiger charge is 2.34. The number of fused-ring (bicyclic) bond motifs is 1. The average molecular weight is 297 g/mol. The molecule has 1 aliphatic heterocycles. The largest absolute Gasteiger partial charge is 0.492 e. The summed E-state index contributed by atoms with van der Waals surface area (Å²) < 4.78 is 45.6. The number of benzene rings is 1. The number of hydrogen-bond donors (Lipinski definition) is 1. The van der Waals surface area contributed by atoms with Gasteiger partial charge in [-0.2, -0.15) is 0 Å². The van der Waals surface area contributed by atoms with Crippen LogP contribution in [0.5, 0.6) is 5.75 Å². The van der Waals surface area contributed by atoms with Crippen molar-refractivity contribution in [3.8, 4) is 5.75 Å². The zero-order valence-corrected chi connectivity index (χ0v) is 11.7. The van der Waals surface area contributed by atoms with Crippen LogP contribution in [-0.2, 0) is 6.42 Å². The summed E-state index contributed by atoms with van der Waals surface area (Å²) in [5.74, 6) is -2.25. The van der Waals surface area contributed by atoms with Gasteiger partial charge < -0.3 is 10.5 Å². The van der Waals surface area contributed by atoms with Crippen LogP contribution in [0.15, 0.2) is 12.1 Å². The summed E-state index contributed by atoms with van der Waals surface area (Å²) in [6.07, 6.45) is 5.08. The summed E-state index contributed by atoms with van der Waals surface area (Å²) in [5.41, 5.74) is 7.03. The Morgan fingerprint density at radius 2 is 2.00 bits per heavy atom. The molecule has 1 aromatic carbocycles. The molecule has 0 amide bonds. The summed E-state index contributed by atoms with van der Waals surface area (Å²) >= 11 is 0. The maximum absolute atomic E-state index is 13.9. The molecule has 21 heavy (non-hydrogen) atoms. The molecule has 0 spiro atoms. The van der Waals surface area contributed by atoms with E-state index >= 15 is 0 Å². The third-order valence-corrected chi connectivity index (χ3v) is 4.27. The molecule has 1 aromatic rings. The monoisotopic (exact) mass is 297 g/mol. The van der Waals surface area contributed by atoms with Gasteiger partial charge in [0.25, 0.3) is 0 Å². The molecule has 2 nitrogen and oxygen atoms in total. The van der Waals surface area contributed by atoms with E-state index in [1.165, 1.54) is 0 Å². The van der Waals surface area contributed by atoms with Crippen molar-refractivity contribution in [2.24, 2.45) is 5.92 Å². The molecule has 2 N–H and O–H groups in total. The lowest BCUT2D eigenvalue weighted by Crippen LogP contribution is -2.23. The lowest BCUT2D eigenvalue weighted by atomic mass is 9.86. The molecule has 2 aliphatic rings. The molecular formula is C16H18F3NO. The Labute approximate surface area is 121 Å². The fraction of sp³-hybridized carbons (Fsp3) is 0.500. The van der Waals surface area contributed by atoms with Crippen molar-refractivity contribution in [2.75, 3.05) is 12.3 Å². The van der Waals surface area contributed by atoms with Crippen LogP contribution in [0.2, 0.25) is 0 Å². The van der Waals surface area contributed by atoms with Crippen molar-refractivity contribution in [3.63, 3.8) is 0 Å². The van der Waals surface area contributed by atoms with Gasteiger partial charge in [0.2, 0.25) is 5.92 Å². The molecule has 1 fully saturated rings. The van der Waals surface area contributed by atoms with Gasteiger partial charge in [0.05, 0.1) is 12.3 Å². The van der Waals surface area contributed by atoms with Gasteiger partial charge in [-0.15, -0.1) is 0 Å². The molecule has 5 heteroatoms. The van der Waals surface area contributed by atoms with Crippen molar-refractivity contribution in [2.45, 2.75) is 38.0 Å². The molecule has 0 bridgehead atoms. The topological polar surface area (TPSA) is 35.2 Å². The number of ether oxygens (including phenoxy) is 1. The fourth-order valence-corrected chi connectivity index (χ4v) is 3.01. The zero-order chi connectivity index (χ0) is 15.0. The Bertz CT molecular complexity index is 573. The maximum Gasteiger partial charge on any atom is 0.248 e. The minimum Gasteiger partial charge on any atom is -0.492 e. The standard InChI is InChI=1S/C16H18F3NO/c17-14-12-5-8-21-15(12)11(9-13(14)20)2-1-10-3-6-16(18,19)7-4-10/h1-2,9-10H,3-8,20H2/b2-1+. The minimum absolute atomic E-state index is 0.0673. The third kappa shape index (κ3) is 2.87. The minimum atomic E-state index is -2.52. The van der Waals surface area contributed by atoms with E-state index in [2.05, 4.69) is 0 Å². The second-order valence-electron chi connectivity index (χ2n) is 5.83. The Hall–Kier alpha value is -1.65. The van der Waals surface area contributed by atoms with E-state index in [0.717, 1.165) is 5.56 Å². The first kappa shape index (κ1) is 14.3. The van der Waals surface area contributed by atoms with E-state index < -0.39 is 11.7 Å². The first-order chi connectivity index (χ1) is 9.96. The van der Waals surface area contributed by atoms with Gasteiger partial charge in [0.15, 0.2) is 5.82 Å². The van der Waals surface area contributed by atoms with Crippen LogP contribution in [0, 0.1) is 11.7 Å². The van der Waals surface area contributed by atoms with Crippen molar-refractivity contribution >= 4 is 11.8 Å². The Balaban J connectivity index is 1.78. The van der Waals surface area contributed by atoms with E-state index in [1.54, 1.807) is 6.07 Å². The molecule has 1 heterocycles. The number of hydrogen-bond acceptors (Lipinski definition) is 2. The smallest absolute Gasteiger partial charge is 0.248 e. The molecule has 114 valence electrons. The second kappa shape index (κ2) is 5.28. The SMILES string of the molecule is Nc1cc(/C=C/C2CCC(F)(F)CC2)c2c(c1F)CCO2. The summed E-state index contributed by atoms with van der Waals surface area (Å²) in [6, 6.07) is 1.55. The van der Waals surface area contributed by atoms with E-state index in [4.69, 9.17) is 10.5 Å². The summed E-state index contributed by atoms with van der Waals surface area (Å²) in [7, 11) is 0. The van der Waals surface area contributed by atoms with Gasteiger partial charge in [-0.25, -0.2) is 13.2 Å². The van der Waals surface area contributed by atoms with Gasteiger partial charge in [-0.1, -0.05) is 12.2 Å². The molecule has 0 aromatic heterocycles. The summed E-state index contributed by atoms with van der Waals surface area (Å²) in [5, 5.41) is 0. The molecule has 0 saturated heterocycles. The quantitative estimate of drug-likeness (QED) is 0.831. The van der Waals surface area contributed by atoms with E-state index in [1.807, 2.05) is 12.2 Å². The molecule has 3 rings (SSSR count). The van der Waals surface area contributed by atoms with Crippen LogP contribution in [0.1, 0.15) is 36.8 Å². The van der Waals surface area contributed by atoms with Crippen molar-refractivity contribution < 1.29 is 17.9 Å². The molecule has 0 radical (unpaired) electrons. The van der Waals surface area contributed by atoms with Gasteiger partial charge in [0.1, 0.15) is 5.75 Å². The fourth-order valence-electron chi connectivity index (χ4n) is 3.01. The van der Waals surface area contributed by atoms with Crippen molar-refractivity contribution in [1.82, 2.24) is 0 Å². The van der Waals surface area contributed by atoms with E-state index in [0.29, 0.717) is 37.2 Å². The van der Waals surface area contributed by atoms with Crippen LogP contribution >= 0.6 is 0 Å². The van der Waals surface area contributed by atoms with Crippen molar-refractivity contribution in [1.29, 1.82) is 0 Å². The Kier molecular flexibility index (Phi) is 3.59. The average Bonchev–Trinajstić information content (AvgIpc) is 2.92. The molecule has 0 unspecified atom stereocenters. The number of allylic oxidation sites excluding steroid dienone is 1. The van der Waals surface area contributed by atoms with Crippen LogP contribution in [-0.4, -0.2) is 12.5 Å². The van der Waals surface area contributed by atoms with Crippen LogP contribution in [0.25, 0.3) is 6.08 Å². The van der Waals surface area contributed by atoms with E-state index in [-0.39, 0.29) is 24.4 Å².